The van der Waals surface area contributed by atoms with E-state index in [9.17, 15) is 0 Å². The zero-order valence-corrected chi connectivity index (χ0v) is 14.7. The smallest absolute Gasteiger partial charge is 0.0897 e. The summed E-state index contributed by atoms with van der Waals surface area (Å²) in [7, 11) is 0. The summed E-state index contributed by atoms with van der Waals surface area (Å²) in [5.74, 6) is 0.603. The first-order chi connectivity index (χ1) is 10.2. The Labute approximate surface area is 139 Å². The Morgan fingerprint density at radius 1 is 1.33 bits per heavy atom. The van der Waals surface area contributed by atoms with Gasteiger partial charge in [-0.2, -0.15) is 0 Å². The lowest BCUT2D eigenvalue weighted by molar-refractivity contribution is 0.465. The van der Waals surface area contributed by atoms with Gasteiger partial charge >= 0.3 is 0 Å². The van der Waals surface area contributed by atoms with Crippen molar-refractivity contribution in [1.82, 2.24) is 10.3 Å². The molecule has 1 unspecified atom stereocenters. The molecule has 21 heavy (non-hydrogen) atoms. The molecule has 1 aromatic heterocycles. The van der Waals surface area contributed by atoms with Crippen LogP contribution in [0.5, 0.6) is 0 Å². The van der Waals surface area contributed by atoms with E-state index in [0.717, 1.165) is 25.4 Å². The number of hydrogen-bond acceptors (Lipinski definition) is 3. The Morgan fingerprint density at radius 3 is 2.81 bits per heavy atom. The lowest BCUT2D eigenvalue weighted by Gasteiger charge is -2.17. The molecule has 4 heteroatoms. The summed E-state index contributed by atoms with van der Waals surface area (Å²) >= 11 is 5.42. The van der Waals surface area contributed by atoms with Crippen molar-refractivity contribution in [2.75, 3.05) is 6.54 Å². The first kappa shape index (κ1) is 15.2. The average Bonchev–Trinajstić information content (AvgIpc) is 3.21. The molecule has 1 aromatic carbocycles. The van der Waals surface area contributed by atoms with E-state index in [1.54, 1.807) is 11.3 Å². The van der Waals surface area contributed by atoms with E-state index in [4.69, 9.17) is 0 Å². The quantitative estimate of drug-likeness (QED) is 0.788. The molecule has 2 aromatic rings. The van der Waals surface area contributed by atoms with Crippen LogP contribution in [0.3, 0.4) is 0 Å². The monoisotopic (exact) mass is 364 g/mol. The van der Waals surface area contributed by atoms with E-state index in [1.165, 1.54) is 33.6 Å². The third-order valence-corrected chi connectivity index (χ3v) is 5.50. The Balaban J connectivity index is 1.67. The van der Waals surface area contributed by atoms with E-state index < -0.39 is 0 Å². The van der Waals surface area contributed by atoms with Crippen LogP contribution in [0.2, 0.25) is 0 Å². The van der Waals surface area contributed by atoms with Gasteiger partial charge in [0.25, 0.3) is 0 Å². The van der Waals surface area contributed by atoms with E-state index in [0.29, 0.717) is 5.92 Å². The topological polar surface area (TPSA) is 24.9 Å². The molecule has 1 aliphatic carbocycles. The SMILES string of the molecule is Cc1nc(CC(CNC2CC2)Cc2ccccc2Br)cs1. The molecular formula is C17H21BrN2S. The van der Waals surface area contributed by atoms with Crippen molar-refractivity contribution in [1.29, 1.82) is 0 Å². The van der Waals surface area contributed by atoms with Crippen molar-refractivity contribution in [2.24, 2.45) is 5.92 Å². The minimum absolute atomic E-state index is 0.603. The highest BCUT2D eigenvalue weighted by atomic mass is 79.9. The third-order valence-electron chi connectivity index (χ3n) is 3.90. The lowest BCUT2D eigenvalue weighted by atomic mass is 9.95. The first-order valence-corrected chi connectivity index (χ1v) is 9.26. The van der Waals surface area contributed by atoms with Crippen LogP contribution >= 0.6 is 27.3 Å². The van der Waals surface area contributed by atoms with Gasteiger partial charge in [-0.3, -0.25) is 0 Å². The molecule has 0 amide bonds. The fraction of sp³-hybridized carbons (Fsp3) is 0.471. The van der Waals surface area contributed by atoms with Crippen molar-refractivity contribution < 1.29 is 0 Å². The summed E-state index contributed by atoms with van der Waals surface area (Å²) < 4.78 is 1.22. The zero-order chi connectivity index (χ0) is 14.7. The molecule has 1 heterocycles. The van der Waals surface area contributed by atoms with Crippen LogP contribution in [0.1, 0.15) is 29.1 Å². The number of benzene rings is 1. The molecule has 0 radical (unpaired) electrons. The van der Waals surface area contributed by atoms with Gasteiger partial charge in [0, 0.05) is 15.9 Å². The molecule has 2 nitrogen and oxygen atoms in total. The zero-order valence-electron chi connectivity index (χ0n) is 12.3. The van der Waals surface area contributed by atoms with E-state index in [-0.39, 0.29) is 0 Å². The maximum Gasteiger partial charge on any atom is 0.0897 e. The molecule has 1 fully saturated rings. The van der Waals surface area contributed by atoms with Gasteiger partial charge in [0.05, 0.1) is 10.7 Å². The minimum atomic E-state index is 0.603. The fourth-order valence-corrected chi connectivity index (χ4v) is 3.68. The maximum absolute atomic E-state index is 4.64. The van der Waals surface area contributed by atoms with Gasteiger partial charge in [-0.05, 0) is 56.7 Å². The van der Waals surface area contributed by atoms with Gasteiger partial charge < -0.3 is 5.32 Å². The van der Waals surface area contributed by atoms with Crippen LogP contribution < -0.4 is 5.32 Å². The molecular weight excluding hydrogens is 344 g/mol. The van der Waals surface area contributed by atoms with Crippen molar-refractivity contribution in [3.05, 3.63) is 50.4 Å². The van der Waals surface area contributed by atoms with Gasteiger partial charge in [0.1, 0.15) is 0 Å². The predicted molar refractivity (Wildman–Crippen MR) is 92.9 cm³/mol. The summed E-state index contributed by atoms with van der Waals surface area (Å²) in [6, 6.07) is 9.32. The predicted octanol–water partition coefficient (Wildman–Crippen LogP) is 4.37. The molecule has 1 saturated carbocycles. The number of nitrogens with zero attached hydrogens (tertiary/aromatic N) is 1. The molecule has 0 saturated heterocycles. The van der Waals surface area contributed by atoms with E-state index >= 15 is 0 Å². The summed E-state index contributed by atoms with van der Waals surface area (Å²) in [6.45, 7) is 3.17. The fourth-order valence-electron chi connectivity index (χ4n) is 2.61. The van der Waals surface area contributed by atoms with Crippen LogP contribution in [-0.2, 0) is 12.8 Å². The van der Waals surface area contributed by atoms with Crippen molar-refractivity contribution in [3.63, 3.8) is 0 Å². The second-order valence-electron chi connectivity index (χ2n) is 5.91. The third kappa shape index (κ3) is 4.63. The van der Waals surface area contributed by atoms with Crippen molar-refractivity contribution >= 4 is 27.3 Å². The number of aromatic nitrogens is 1. The normalized spacial score (nSPS) is 16.1. The van der Waals surface area contributed by atoms with Gasteiger partial charge in [0.2, 0.25) is 0 Å². The standard InChI is InChI=1S/C17H21BrN2S/c1-12-20-16(11-21-12)9-13(10-19-15-6-7-15)8-14-4-2-3-5-17(14)18/h2-5,11,13,15,19H,6-10H2,1H3. The van der Waals surface area contributed by atoms with Crippen LogP contribution in [0.15, 0.2) is 34.1 Å². The summed E-state index contributed by atoms with van der Waals surface area (Å²) in [5, 5.41) is 7.06. The number of rotatable bonds is 7. The van der Waals surface area contributed by atoms with Gasteiger partial charge in [-0.25, -0.2) is 4.98 Å². The average molecular weight is 365 g/mol. The van der Waals surface area contributed by atoms with Crippen LogP contribution in [0.25, 0.3) is 0 Å². The number of aryl methyl sites for hydroxylation is 1. The van der Waals surface area contributed by atoms with Crippen LogP contribution in [-0.4, -0.2) is 17.6 Å². The lowest BCUT2D eigenvalue weighted by Crippen LogP contribution is -2.27. The molecule has 112 valence electrons. The minimum Gasteiger partial charge on any atom is -0.314 e. The van der Waals surface area contributed by atoms with Crippen LogP contribution in [0, 0.1) is 12.8 Å². The number of thiazole rings is 1. The number of hydrogen-bond donors (Lipinski definition) is 1. The van der Waals surface area contributed by atoms with Gasteiger partial charge in [-0.15, -0.1) is 11.3 Å². The highest BCUT2D eigenvalue weighted by Crippen LogP contribution is 2.24. The van der Waals surface area contributed by atoms with Crippen LogP contribution in [0.4, 0.5) is 0 Å². The van der Waals surface area contributed by atoms with Gasteiger partial charge in [-0.1, -0.05) is 34.1 Å². The maximum atomic E-state index is 4.64. The highest BCUT2D eigenvalue weighted by Gasteiger charge is 2.22. The second-order valence-corrected chi connectivity index (χ2v) is 7.82. The van der Waals surface area contributed by atoms with E-state index in [2.05, 4.69) is 62.8 Å². The van der Waals surface area contributed by atoms with Gasteiger partial charge in [0.15, 0.2) is 0 Å². The molecule has 0 spiro atoms. The Bertz CT molecular complexity index is 592. The largest absolute Gasteiger partial charge is 0.314 e. The summed E-state index contributed by atoms with van der Waals surface area (Å²) in [6.07, 6.45) is 4.85. The molecule has 1 aliphatic rings. The Morgan fingerprint density at radius 2 is 2.14 bits per heavy atom. The molecule has 3 rings (SSSR count). The Kier molecular flexibility index (Phi) is 5.09. The molecule has 1 N–H and O–H groups in total. The summed E-state index contributed by atoms with van der Waals surface area (Å²) in [4.78, 5) is 4.64. The molecule has 1 atom stereocenters. The second kappa shape index (κ2) is 7.03. The molecule has 0 aliphatic heterocycles. The van der Waals surface area contributed by atoms with Crippen molar-refractivity contribution in [2.45, 2.75) is 38.6 Å². The Hall–Kier alpha value is -0.710. The number of nitrogens with one attached hydrogen (secondary N) is 1. The number of halogens is 1. The first-order valence-electron chi connectivity index (χ1n) is 7.58. The highest BCUT2D eigenvalue weighted by molar-refractivity contribution is 9.10. The van der Waals surface area contributed by atoms with E-state index in [1.807, 2.05) is 0 Å². The summed E-state index contributed by atoms with van der Waals surface area (Å²) in [5.41, 5.74) is 2.64. The molecule has 0 bridgehead atoms. The van der Waals surface area contributed by atoms with Crippen molar-refractivity contribution in [3.8, 4) is 0 Å².